The fourth-order valence-electron chi connectivity index (χ4n) is 2.72. The number of hydrogen-bond donors (Lipinski definition) is 1. The summed E-state index contributed by atoms with van der Waals surface area (Å²) in [5, 5.41) is 10.7. The first-order valence-corrected chi connectivity index (χ1v) is 6.81. The molecule has 18 heavy (non-hydrogen) atoms. The van der Waals surface area contributed by atoms with Crippen LogP contribution in [0.2, 0.25) is 0 Å². The molecule has 0 radical (unpaired) electrons. The molecule has 2 rings (SSSR count). The molecule has 0 saturated carbocycles. The molecule has 0 saturated heterocycles. The maximum Gasteiger partial charge on any atom is 0.0890 e. The Labute approximate surface area is 110 Å². The molecule has 0 bridgehead atoms. The van der Waals surface area contributed by atoms with Crippen LogP contribution in [0.25, 0.3) is 0 Å². The summed E-state index contributed by atoms with van der Waals surface area (Å²) in [7, 11) is 0. The molecule has 96 valence electrons. The van der Waals surface area contributed by atoms with Gasteiger partial charge in [-0.25, -0.2) is 0 Å². The zero-order chi connectivity index (χ0) is 12.8. The third-order valence-electron chi connectivity index (χ3n) is 3.87. The van der Waals surface area contributed by atoms with Crippen molar-refractivity contribution >= 4 is 0 Å². The van der Waals surface area contributed by atoms with E-state index in [-0.39, 0.29) is 5.92 Å². The van der Waals surface area contributed by atoms with Crippen molar-refractivity contribution in [2.75, 3.05) is 0 Å². The molecule has 0 aromatic heterocycles. The molecule has 1 heteroatoms. The summed E-state index contributed by atoms with van der Waals surface area (Å²) in [5.41, 5.74) is 0.655. The predicted octanol–water partition coefficient (Wildman–Crippen LogP) is 3.89. The van der Waals surface area contributed by atoms with E-state index in [9.17, 15) is 5.11 Å². The molecule has 1 aromatic rings. The lowest BCUT2D eigenvalue weighted by Gasteiger charge is -2.34. The SMILES string of the molecule is C=CC(CCc1ccccc1)C1(O)C=CCCC1. The molecule has 0 amide bonds. The number of rotatable bonds is 5. The van der Waals surface area contributed by atoms with Crippen molar-refractivity contribution in [2.45, 2.75) is 37.7 Å². The Morgan fingerprint density at radius 3 is 2.72 bits per heavy atom. The van der Waals surface area contributed by atoms with Crippen molar-refractivity contribution < 1.29 is 5.11 Å². The van der Waals surface area contributed by atoms with Gasteiger partial charge in [0.25, 0.3) is 0 Å². The lowest BCUT2D eigenvalue weighted by molar-refractivity contribution is 0.0301. The van der Waals surface area contributed by atoms with Crippen molar-refractivity contribution in [2.24, 2.45) is 5.92 Å². The molecule has 0 heterocycles. The summed E-state index contributed by atoms with van der Waals surface area (Å²) in [6, 6.07) is 10.4. The number of aliphatic hydroxyl groups is 1. The molecule has 0 aliphatic heterocycles. The summed E-state index contributed by atoms with van der Waals surface area (Å²) in [4.78, 5) is 0. The van der Waals surface area contributed by atoms with Gasteiger partial charge in [-0.15, -0.1) is 6.58 Å². The largest absolute Gasteiger partial charge is 0.385 e. The van der Waals surface area contributed by atoms with Gasteiger partial charge in [0.05, 0.1) is 5.60 Å². The minimum Gasteiger partial charge on any atom is -0.385 e. The summed E-state index contributed by atoms with van der Waals surface area (Å²) in [5.74, 6) is 0.147. The maximum absolute atomic E-state index is 10.7. The van der Waals surface area contributed by atoms with Gasteiger partial charge in [-0.2, -0.15) is 0 Å². The van der Waals surface area contributed by atoms with Gasteiger partial charge in [0.15, 0.2) is 0 Å². The molecule has 0 fully saturated rings. The van der Waals surface area contributed by atoms with Crippen LogP contribution in [0.5, 0.6) is 0 Å². The first-order valence-electron chi connectivity index (χ1n) is 6.81. The van der Waals surface area contributed by atoms with Crippen LogP contribution in [-0.4, -0.2) is 10.7 Å². The van der Waals surface area contributed by atoms with Crippen LogP contribution >= 0.6 is 0 Å². The summed E-state index contributed by atoms with van der Waals surface area (Å²) in [6.45, 7) is 3.90. The fraction of sp³-hybridized carbons (Fsp3) is 0.412. The molecule has 0 spiro atoms. The van der Waals surface area contributed by atoms with Gasteiger partial charge in [0, 0.05) is 5.92 Å². The van der Waals surface area contributed by atoms with Gasteiger partial charge >= 0.3 is 0 Å². The maximum atomic E-state index is 10.7. The van der Waals surface area contributed by atoms with E-state index in [4.69, 9.17) is 0 Å². The second kappa shape index (κ2) is 6.01. The number of benzene rings is 1. The van der Waals surface area contributed by atoms with Gasteiger partial charge in [-0.05, 0) is 37.7 Å². The molecular formula is C17H22O. The van der Waals surface area contributed by atoms with E-state index in [0.29, 0.717) is 0 Å². The lowest BCUT2D eigenvalue weighted by atomic mass is 9.77. The summed E-state index contributed by atoms with van der Waals surface area (Å²) < 4.78 is 0. The van der Waals surface area contributed by atoms with E-state index in [0.717, 1.165) is 32.1 Å². The Bertz CT molecular complexity index is 407. The van der Waals surface area contributed by atoms with Crippen LogP contribution in [0.15, 0.2) is 55.1 Å². The first-order chi connectivity index (χ1) is 8.74. The van der Waals surface area contributed by atoms with E-state index >= 15 is 0 Å². The van der Waals surface area contributed by atoms with Crippen LogP contribution in [0.1, 0.15) is 31.2 Å². The molecule has 1 aromatic carbocycles. The normalized spacial score (nSPS) is 24.7. The molecule has 2 atom stereocenters. The van der Waals surface area contributed by atoms with E-state index in [2.05, 4.69) is 36.9 Å². The average Bonchev–Trinajstić information content (AvgIpc) is 2.41. The smallest absolute Gasteiger partial charge is 0.0890 e. The van der Waals surface area contributed by atoms with Crippen LogP contribution in [0.4, 0.5) is 0 Å². The number of allylic oxidation sites excluding steroid dienone is 1. The molecule has 2 unspecified atom stereocenters. The average molecular weight is 242 g/mol. The van der Waals surface area contributed by atoms with Crippen molar-refractivity contribution in [1.82, 2.24) is 0 Å². The Morgan fingerprint density at radius 1 is 1.33 bits per heavy atom. The Morgan fingerprint density at radius 2 is 2.11 bits per heavy atom. The van der Waals surface area contributed by atoms with E-state index in [1.54, 1.807) is 0 Å². The minimum absolute atomic E-state index is 0.147. The zero-order valence-corrected chi connectivity index (χ0v) is 10.9. The lowest BCUT2D eigenvalue weighted by Crippen LogP contribution is -2.36. The van der Waals surface area contributed by atoms with Gasteiger partial charge < -0.3 is 5.11 Å². The molecular weight excluding hydrogens is 220 g/mol. The Balaban J connectivity index is 1.99. The molecule has 1 N–H and O–H groups in total. The summed E-state index contributed by atoms with van der Waals surface area (Å²) in [6.07, 6.45) is 11.0. The second-order valence-corrected chi connectivity index (χ2v) is 5.15. The first kappa shape index (κ1) is 13.1. The second-order valence-electron chi connectivity index (χ2n) is 5.15. The highest BCUT2D eigenvalue weighted by Gasteiger charge is 2.32. The van der Waals surface area contributed by atoms with Crippen molar-refractivity contribution in [1.29, 1.82) is 0 Å². The summed E-state index contributed by atoms with van der Waals surface area (Å²) >= 11 is 0. The van der Waals surface area contributed by atoms with E-state index in [1.807, 2.05) is 18.2 Å². The minimum atomic E-state index is -0.672. The van der Waals surface area contributed by atoms with Gasteiger partial charge in [-0.1, -0.05) is 48.6 Å². The Kier molecular flexibility index (Phi) is 4.38. The molecule has 1 nitrogen and oxygen atoms in total. The van der Waals surface area contributed by atoms with Crippen LogP contribution in [0.3, 0.4) is 0 Å². The third-order valence-corrected chi connectivity index (χ3v) is 3.87. The van der Waals surface area contributed by atoms with Gasteiger partial charge in [-0.3, -0.25) is 0 Å². The van der Waals surface area contributed by atoms with Crippen LogP contribution < -0.4 is 0 Å². The number of aryl methyl sites for hydroxylation is 1. The highest BCUT2D eigenvalue weighted by molar-refractivity contribution is 5.17. The Hall–Kier alpha value is -1.34. The van der Waals surface area contributed by atoms with Crippen LogP contribution in [0, 0.1) is 5.92 Å². The van der Waals surface area contributed by atoms with Gasteiger partial charge in [0.2, 0.25) is 0 Å². The highest BCUT2D eigenvalue weighted by atomic mass is 16.3. The van der Waals surface area contributed by atoms with E-state index < -0.39 is 5.60 Å². The fourth-order valence-corrected chi connectivity index (χ4v) is 2.72. The molecule has 1 aliphatic rings. The van der Waals surface area contributed by atoms with Crippen LogP contribution in [-0.2, 0) is 6.42 Å². The zero-order valence-electron chi connectivity index (χ0n) is 10.9. The van der Waals surface area contributed by atoms with E-state index in [1.165, 1.54) is 5.56 Å². The quantitative estimate of drug-likeness (QED) is 0.777. The standard InChI is InChI=1S/C17H22O/c1-2-16(17(18)13-7-4-8-14-17)12-11-15-9-5-3-6-10-15/h2-3,5-7,9-10,13,16,18H,1,4,8,11-12,14H2. The van der Waals surface area contributed by atoms with Crippen molar-refractivity contribution in [3.63, 3.8) is 0 Å². The number of hydrogen-bond acceptors (Lipinski definition) is 1. The third kappa shape index (κ3) is 3.11. The van der Waals surface area contributed by atoms with Crippen molar-refractivity contribution in [3.05, 3.63) is 60.7 Å². The van der Waals surface area contributed by atoms with Gasteiger partial charge in [0.1, 0.15) is 0 Å². The molecule has 1 aliphatic carbocycles. The topological polar surface area (TPSA) is 20.2 Å². The predicted molar refractivity (Wildman–Crippen MR) is 76.4 cm³/mol. The monoisotopic (exact) mass is 242 g/mol. The van der Waals surface area contributed by atoms with Crippen molar-refractivity contribution in [3.8, 4) is 0 Å². The highest BCUT2D eigenvalue weighted by Crippen LogP contribution is 2.33.